The summed E-state index contributed by atoms with van der Waals surface area (Å²) in [6.07, 6.45) is 3.19. The molecular weight excluding hydrogens is 443 g/mol. The molecule has 1 heterocycles. The summed E-state index contributed by atoms with van der Waals surface area (Å²) in [6, 6.07) is 19.1. The second kappa shape index (κ2) is 9.90. The van der Waals surface area contributed by atoms with Crippen molar-refractivity contribution in [1.29, 1.82) is 0 Å². The van der Waals surface area contributed by atoms with Crippen LogP contribution in [0.5, 0.6) is 0 Å². The van der Waals surface area contributed by atoms with Crippen LogP contribution in [0, 0.1) is 5.82 Å². The number of nitrogens with zero attached hydrogens (tertiary/aromatic N) is 1. The highest BCUT2D eigenvalue weighted by Crippen LogP contribution is 2.33. The fourth-order valence-electron chi connectivity index (χ4n) is 5.32. The molecule has 1 amide bonds. The summed E-state index contributed by atoms with van der Waals surface area (Å²) in [6.45, 7) is 2.21. The number of benzene rings is 3. The molecule has 1 atom stereocenters. The number of aromatic nitrogens is 1. The standard InChI is InChI=1S/C29H29FN2O3/c1-2-35-29(34)18-32-26-13-11-21(30)16-24(26)25-17-22(12-14-27(25)32)31-28(33)15-10-20-8-5-7-19-6-3-4-9-23(19)20/h3-9,11,13,16,22H,2,10,12,14-15,17-18H2,1H3,(H,31,33)/t22-/m0/s1. The van der Waals surface area contributed by atoms with Crippen molar-refractivity contribution in [3.05, 3.63) is 83.3 Å². The summed E-state index contributed by atoms with van der Waals surface area (Å²) in [5.41, 5.74) is 4.03. The van der Waals surface area contributed by atoms with Crippen molar-refractivity contribution in [3.8, 4) is 0 Å². The van der Waals surface area contributed by atoms with E-state index < -0.39 is 0 Å². The Morgan fingerprint density at radius 1 is 1.09 bits per heavy atom. The topological polar surface area (TPSA) is 60.3 Å². The number of nitrogens with one attached hydrogen (secondary N) is 1. The molecule has 0 unspecified atom stereocenters. The van der Waals surface area contributed by atoms with Gasteiger partial charge in [0.05, 0.1) is 6.61 Å². The first-order chi connectivity index (χ1) is 17.0. The largest absolute Gasteiger partial charge is 0.465 e. The molecule has 0 aliphatic heterocycles. The monoisotopic (exact) mass is 472 g/mol. The van der Waals surface area contributed by atoms with Crippen LogP contribution < -0.4 is 5.32 Å². The molecule has 0 fully saturated rings. The first kappa shape index (κ1) is 23.1. The number of carbonyl (C=O) groups excluding carboxylic acids is 2. The van der Waals surface area contributed by atoms with E-state index in [9.17, 15) is 14.0 Å². The average Bonchev–Trinajstić information content (AvgIpc) is 3.14. The van der Waals surface area contributed by atoms with Gasteiger partial charge in [-0.1, -0.05) is 42.5 Å². The Hall–Kier alpha value is -3.67. The van der Waals surface area contributed by atoms with Gasteiger partial charge < -0.3 is 14.6 Å². The van der Waals surface area contributed by atoms with E-state index in [2.05, 4.69) is 29.6 Å². The third-order valence-electron chi connectivity index (χ3n) is 6.89. The van der Waals surface area contributed by atoms with Crippen molar-refractivity contribution in [2.75, 3.05) is 6.61 Å². The van der Waals surface area contributed by atoms with Crippen LogP contribution in [0.3, 0.4) is 0 Å². The zero-order valence-corrected chi connectivity index (χ0v) is 19.9. The smallest absolute Gasteiger partial charge is 0.325 e. The number of hydrogen-bond acceptors (Lipinski definition) is 3. The minimum Gasteiger partial charge on any atom is -0.465 e. The van der Waals surface area contributed by atoms with Crippen LogP contribution in [0.15, 0.2) is 60.7 Å². The summed E-state index contributed by atoms with van der Waals surface area (Å²) >= 11 is 0. The van der Waals surface area contributed by atoms with E-state index in [1.807, 2.05) is 22.8 Å². The second-order valence-electron chi connectivity index (χ2n) is 9.12. The van der Waals surface area contributed by atoms with Crippen LogP contribution in [0.1, 0.15) is 36.6 Å². The molecule has 4 aromatic rings. The maximum absolute atomic E-state index is 14.1. The molecule has 0 saturated heterocycles. The van der Waals surface area contributed by atoms with Crippen molar-refractivity contribution < 1.29 is 18.7 Å². The van der Waals surface area contributed by atoms with E-state index >= 15 is 0 Å². The number of halogens is 1. The first-order valence-corrected chi connectivity index (χ1v) is 12.2. The van der Waals surface area contributed by atoms with Gasteiger partial charge in [0, 0.05) is 29.1 Å². The highest BCUT2D eigenvalue weighted by Gasteiger charge is 2.27. The molecule has 0 radical (unpaired) electrons. The van der Waals surface area contributed by atoms with Crippen molar-refractivity contribution in [2.24, 2.45) is 0 Å². The zero-order valence-electron chi connectivity index (χ0n) is 19.9. The van der Waals surface area contributed by atoms with E-state index in [4.69, 9.17) is 4.74 Å². The number of ether oxygens (including phenoxy) is 1. The summed E-state index contributed by atoms with van der Waals surface area (Å²) in [5, 5.41) is 6.36. The number of esters is 1. The van der Waals surface area contributed by atoms with Gasteiger partial charge in [0.1, 0.15) is 12.4 Å². The summed E-state index contributed by atoms with van der Waals surface area (Å²) in [5.74, 6) is -0.594. The lowest BCUT2D eigenvalue weighted by molar-refractivity contribution is -0.143. The molecule has 180 valence electrons. The number of hydrogen-bond donors (Lipinski definition) is 1. The molecule has 0 spiro atoms. The Bertz CT molecular complexity index is 1400. The minimum absolute atomic E-state index is 0.0209. The first-order valence-electron chi connectivity index (χ1n) is 12.2. The Balaban J connectivity index is 1.30. The second-order valence-corrected chi connectivity index (χ2v) is 9.12. The number of carbonyl (C=O) groups is 2. The van der Waals surface area contributed by atoms with Gasteiger partial charge >= 0.3 is 5.97 Å². The van der Waals surface area contributed by atoms with Gasteiger partial charge in [-0.3, -0.25) is 9.59 Å². The van der Waals surface area contributed by atoms with Crippen molar-refractivity contribution in [3.63, 3.8) is 0 Å². The van der Waals surface area contributed by atoms with E-state index in [0.29, 0.717) is 32.3 Å². The molecule has 35 heavy (non-hydrogen) atoms. The number of amides is 1. The molecule has 5 nitrogen and oxygen atoms in total. The predicted octanol–water partition coefficient (Wildman–Crippen LogP) is 5.10. The summed E-state index contributed by atoms with van der Waals surface area (Å²) in [4.78, 5) is 25.0. The number of rotatable bonds is 7. The lowest BCUT2D eigenvalue weighted by Crippen LogP contribution is -2.39. The van der Waals surface area contributed by atoms with E-state index in [0.717, 1.165) is 28.6 Å². The van der Waals surface area contributed by atoms with Gasteiger partial charge in [-0.15, -0.1) is 0 Å². The third kappa shape index (κ3) is 4.78. The Morgan fingerprint density at radius 2 is 1.91 bits per heavy atom. The van der Waals surface area contributed by atoms with Crippen molar-refractivity contribution >= 4 is 33.6 Å². The van der Waals surface area contributed by atoms with Gasteiger partial charge in [0.25, 0.3) is 0 Å². The molecule has 1 aromatic heterocycles. The quantitative estimate of drug-likeness (QED) is 0.381. The fourth-order valence-corrected chi connectivity index (χ4v) is 5.32. The van der Waals surface area contributed by atoms with Gasteiger partial charge in [0.15, 0.2) is 0 Å². The van der Waals surface area contributed by atoms with Crippen LogP contribution in [0.2, 0.25) is 0 Å². The van der Waals surface area contributed by atoms with Gasteiger partial charge in [-0.2, -0.15) is 0 Å². The zero-order chi connectivity index (χ0) is 24.4. The van der Waals surface area contributed by atoms with Crippen molar-refractivity contribution in [1.82, 2.24) is 9.88 Å². The number of fused-ring (bicyclic) bond motifs is 4. The Kier molecular flexibility index (Phi) is 6.53. The summed E-state index contributed by atoms with van der Waals surface area (Å²) in [7, 11) is 0. The molecule has 1 aliphatic rings. The van der Waals surface area contributed by atoms with Crippen LogP contribution in [0.25, 0.3) is 21.7 Å². The van der Waals surface area contributed by atoms with Gasteiger partial charge in [0.2, 0.25) is 5.91 Å². The maximum Gasteiger partial charge on any atom is 0.325 e. The van der Waals surface area contributed by atoms with Crippen LogP contribution in [-0.2, 0) is 40.1 Å². The lowest BCUT2D eigenvalue weighted by atomic mass is 9.91. The average molecular weight is 473 g/mol. The fraction of sp³-hybridized carbons (Fsp3) is 0.310. The molecule has 0 saturated carbocycles. The predicted molar refractivity (Wildman–Crippen MR) is 135 cm³/mol. The SMILES string of the molecule is CCOC(=O)Cn1c2c(c3cc(F)ccc31)C[C@@H](NC(=O)CCc1cccc3ccccc13)CC2. The maximum atomic E-state index is 14.1. The van der Waals surface area contributed by atoms with Gasteiger partial charge in [-0.25, -0.2) is 4.39 Å². The molecule has 5 rings (SSSR count). The van der Waals surface area contributed by atoms with Crippen LogP contribution >= 0.6 is 0 Å². The van der Waals surface area contributed by atoms with E-state index in [1.165, 1.54) is 28.5 Å². The molecule has 6 heteroatoms. The molecular formula is C29H29FN2O3. The molecule has 1 aliphatic carbocycles. The number of aryl methyl sites for hydroxylation is 1. The third-order valence-corrected chi connectivity index (χ3v) is 6.89. The molecule has 0 bridgehead atoms. The van der Waals surface area contributed by atoms with E-state index in [-0.39, 0.29) is 30.3 Å². The van der Waals surface area contributed by atoms with Gasteiger partial charge in [-0.05, 0) is 72.7 Å². The van der Waals surface area contributed by atoms with Crippen LogP contribution in [0.4, 0.5) is 4.39 Å². The highest BCUT2D eigenvalue weighted by molar-refractivity contribution is 5.88. The highest BCUT2D eigenvalue weighted by atomic mass is 19.1. The minimum atomic E-state index is -0.310. The molecule has 1 N–H and O–H groups in total. The van der Waals surface area contributed by atoms with Crippen molar-refractivity contribution in [2.45, 2.75) is 51.6 Å². The Labute approximate surface area is 203 Å². The van der Waals surface area contributed by atoms with Crippen LogP contribution in [-0.4, -0.2) is 29.1 Å². The normalized spacial score (nSPS) is 15.2. The summed E-state index contributed by atoms with van der Waals surface area (Å²) < 4.78 is 21.2. The van der Waals surface area contributed by atoms with E-state index in [1.54, 1.807) is 13.0 Å². The lowest BCUT2D eigenvalue weighted by Gasteiger charge is -2.25. The Morgan fingerprint density at radius 3 is 2.77 bits per heavy atom. The molecule has 3 aromatic carbocycles.